The van der Waals surface area contributed by atoms with Crippen LogP contribution in [0.3, 0.4) is 0 Å². The molecule has 1 heterocycles. The molecule has 2 atom stereocenters. The van der Waals surface area contributed by atoms with Gasteiger partial charge in [-0.2, -0.15) is 0 Å². The molecule has 2 rings (SSSR count). The van der Waals surface area contributed by atoms with Crippen molar-refractivity contribution >= 4 is 23.2 Å². The van der Waals surface area contributed by atoms with E-state index in [1.54, 1.807) is 30.5 Å². The van der Waals surface area contributed by atoms with Crippen molar-refractivity contribution in [3.05, 3.63) is 52.4 Å². The highest BCUT2D eigenvalue weighted by molar-refractivity contribution is 6.34. The Morgan fingerprint density at radius 1 is 1.32 bits per heavy atom. The second-order valence-corrected chi connectivity index (χ2v) is 5.04. The molecule has 0 fully saturated rings. The Morgan fingerprint density at radius 2 is 2.11 bits per heavy atom. The first-order valence-corrected chi connectivity index (χ1v) is 6.78. The molecule has 19 heavy (non-hydrogen) atoms. The average molecular weight is 300 g/mol. The summed E-state index contributed by atoms with van der Waals surface area (Å²) in [5, 5.41) is 1.05. The first-order chi connectivity index (χ1) is 9.11. The zero-order valence-corrected chi connectivity index (χ0v) is 12.0. The average Bonchev–Trinajstić information content (AvgIpc) is 2.92. The predicted molar refractivity (Wildman–Crippen MR) is 76.8 cm³/mol. The number of halogens is 2. The second kappa shape index (κ2) is 6.33. The number of nitrogens with two attached hydrogens (primary N) is 1. The first-order valence-electron chi connectivity index (χ1n) is 6.02. The van der Waals surface area contributed by atoms with Gasteiger partial charge in [-0.3, -0.25) is 0 Å². The molecule has 102 valence electrons. The van der Waals surface area contributed by atoms with Crippen molar-refractivity contribution in [3.63, 3.8) is 0 Å². The van der Waals surface area contributed by atoms with Crippen molar-refractivity contribution in [3.8, 4) is 5.75 Å². The Balaban J connectivity index is 2.28. The van der Waals surface area contributed by atoms with Gasteiger partial charge in [0.15, 0.2) is 6.10 Å². The van der Waals surface area contributed by atoms with Gasteiger partial charge in [0.05, 0.1) is 11.3 Å². The molecule has 2 aromatic rings. The van der Waals surface area contributed by atoms with Crippen LogP contribution in [0.2, 0.25) is 10.0 Å². The van der Waals surface area contributed by atoms with Gasteiger partial charge in [0.1, 0.15) is 11.5 Å². The predicted octanol–water partition coefficient (Wildman–Crippen LogP) is 4.44. The smallest absolute Gasteiger partial charge is 0.171 e. The summed E-state index contributed by atoms with van der Waals surface area (Å²) in [4.78, 5) is 0. The maximum atomic E-state index is 6.09. The van der Waals surface area contributed by atoms with Crippen LogP contribution in [0.15, 0.2) is 41.0 Å². The number of rotatable bonds is 5. The normalized spacial score (nSPS) is 14.1. The fourth-order valence-electron chi connectivity index (χ4n) is 1.73. The molecule has 0 aliphatic heterocycles. The monoisotopic (exact) mass is 299 g/mol. The summed E-state index contributed by atoms with van der Waals surface area (Å²) in [7, 11) is 0. The Hall–Kier alpha value is -1.16. The summed E-state index contributed by atoms with van der Waals surface area (Å²) in [6.07, 6.45) is 1.95. The van der Waals surface area contributed by atoms with Gasteiger partial charge in [0, 0.05) is 17.1 Å². The summed E-state index contributed by atoms with van der Waals surface area (Å²) in [6.45, 7) is 1.99. The number of hydrogen-bond acceptors (Lipinski definition) is 3. The van der Waals surface area contributed by atoms with Crippen molar-refractivity contribution in [1.82, 2.24) is 0 Å². The molecular weight excluding hydrogens is 285 g/mol. The van der Waals surface area contributed by atoms with Crippen LogP contribution in [-0.4, -0.2) is 6.04 Å². The van der Waals surface area contributed by atoms with E-state index in [0.717, 1.165) is 6.42 Å². The van der Waals surface area contributed by atoms with Crippen molar-refractivity contribution in [2.45, 2.75) is 25.5 Å². The largest absolute Gasteiger partial charge is 0.479 e. The van der Waals surface area contributed by atoms with Gasteiger partial charge in [-0.1, -0.05) is 30.1 Å². The maximum absolute atomic E-state index is 6.09. The zero-order valence-electron chi connectivity index (χ0n) is 10.5. The third kappa shape index (κ3) is 3.44. The number of hydrogen-bond donors (Lipinski definition) is 1. The van der Waals surface area contributed by atoms with E-state index in [2.05, 4.69) is 0 Å². The molecule has 1 aromatic carbocycles. The van der Waals surface area contributed by atoms with Crippen LogP contribution in [0.5, 0.6) is 5.75 Å². The van der Waals surface area contributed by atoms with Gasteiger partial charge in [-0.25, -0.2) is 0 Å². The van der Waals surface area contributed by atoms with Crippen LogP contribution in [0, 0.1) is 0 Å². The number of furan rings is 1. The molecule has 0 bridgehead atoms. The topological polar surface area (TPSA) is 48.4 Å². The highest BCUT2D eigenvalue weighted by Crippen LogP contribution is 2.33. The lowest BCUT2D eigenvalue weighted by Gasteiger charge is -2.23. The van der Waals surface area contributed by atoms with Crippen molar-refractivity contribution < 1.29 is 9.15 Å². The Bertz CT molecular complexity index is 528. The van der Waals surface area contributed by atoms with Gasteiger partial charge in [0.25, 0.3) is 0 Å². The molecule has 0 saturated carbocycles. The van der Waals surface area contributed by atoms with Crippen molar-refractivity contribution in [2.75, 3.05) is 0 Å². The summed E-state index contributed by atoms with van der Waals surface area (Å²) in [5.74, 6) is 1.17. The molecule has 0 radical (unpaired) electrons. The molecule has 3 nitrogen and oxygen atoms in total. The van der Waals surface area contributed by atoms with Crippen LogP contribution >= 0.6 is 23.2 Å². The Morgan fingerprint density at radius 3 is 2.74 bits per heavy atom. The van der Waals surface area contributed by atoms with Gasteiger partial charge in [-0.05, 0) is 30.7 Å². The van der Waals surface area contributed by atoms with E-state index >= 15 is 0 Å². The second-order valence-electron chi connectivity index (χ2n) is 4.20. The Kier molecular flexibility index (Phi) is 4.75. The van der Waals surface area contributed by atoms with Crippen LogP contribution in [-0.2, 0) is 0 Å². The minimum atomic E-state index is -0.393. The quantitative estimate of drug-likeness (QED) is 0.887. The van der Waals surface area contributed by atoms with Gasteiger partial charge in [0.2, 0.25) is 0 Å². The van der Waals surface area contributed by atoms with E-state index in [-0.39, 0.29) is 6.04 Å². The molecule has 0 saturated heterocycles. The first kappa shape index (κ1) is 14.3. The van der Waals surface area contributed by atoms with Gasteiger partial charge in [-0.15, -0.1) is 0 Å². The van der Waals surface area contributed by atoms with Crippen LogP contribution < -0.4 is 10.5 Å². The van der Waals surface area contributed by atoms with E-state index in [1.807, 2.05) is 13.0 Å². The van der Waals surface area contributed by atoms with Crippen molar-refractivity contribution in [1.29, 1.82) is 0 Å². The minimum absolute atomic E-state index is 0.193. The van der Waals surface area contributed by atoms with Crippen molar-refractivity contribution in [2.24, 2.45) is 5.73 Å². The third-order valence-electron chi connectivity index (χ3n) is 2.83. The summed E-state index contributed by atoms with van der Waals surface area (Å²) >= 11 is 12.0. The number of ether oxygens (including phenoxy) is 1. The van der Waals surface area contributed by atoms with Crippen LogP contribution in [0.1, 0.15) is 25.2 Å². The molecular formula is C14H15Cl2NO2. The third-order valence-corrected chi connectivity index (χ3v) is 3.38. The van der Waals surface area contributed by atoms with Crippen LogP contribution in [0.25, 0.3) is 0 Å². The van der Waals surface area contributed by atoms with E-state index in [0.29, 0.717) is 21.6 Å². The molecule has 0 amide bonds. The van der Waals surface area contributed by atoms with E-state index in [1.165, 1.54) is 0 Å². The lowest BCUT2D eigenvalue weighted by molar-refractivity contribution is 0.145. The SMILES string of the molecule is CCC(N)C(Oc1cc(Cl)ccc1Cl)c1ccco1. The zero-order chi connectivity index (χ0) is 13.8. The van der Waals surface area contributed by atoms with E-state index in [9.17, 15) is 0 Å². The lowest BCUT2D eigenvalue weighted by atomic mass is 10.1. The fourth-order valence-corrected chi connectivity index (χ4v) is 2.05. The molecule has 0 aliphatic carbocycles. The van der Waals surface area contributed by atoms with Crippen LogP contribution in [0.4, 0.5) is 0 Å². The molecule has 0 spiro atoms. The Labute approximate surface area is 122 Å². The van der Waals surface area contributed by atoms with E-state index in [4.69, 9.17) is 38.1 Å². The molecule has 1 aromatic heterocycles. The molecule has 5 heteroatoms. The fraction of sp³-hybridized carbons (Fsp3) is 0.286. The minimum Gasteiger partial charge on any atom is -0.479 e. The molecule has 2 N–H and O–H groups in total. The highest BCUT2D eigenvalue weighted by atomic mass is 35.5. The molecule has 0 aliphatic rings. The number of benzene rings is 1. The lowest BCUT2D eigenvalue weighted by Crippen LogP contribution is -2.31. The van der Waals surface area contributed by atoms with E-state index < -0.39 is 6.10 Å². The standard InChI is InChI=1S/C14H15Cl2NO2/c1-2-11(17)14(12-4-3-7-18-12)19-13-8-9(15)5-6-10(13)16/h3-8,11,14H,2,17H2,1H3. The molecule has 2 unspecified atom stereocenters. The highest BCUT2D eigenvalue weighted by Gasteiger charge is 2.24. The summed E-state index contributed by atoms with van der Waals surface area (Å²) in [5.41, 5.74) is 6.08. The summed E-state index contributed by atoms with van der Waals surface area (Å²) in [6, 6.07) is 8.50. The maximum Gasteiger partial charge on any atom is 0.171 e. The van der Waals surface area contributed by atoms with Gasteiger partial charge >= 0.3 is 0 Å². The summed E-state index contributed by atoms with van der Waals surface area (Å²) < 4.78 is 11.3. The van der Waals surface area contributed by atoms with Gasteiger partial charge < -0.3 is 14.9 Å².